The summed E-state index contributed by atoms with van der Waals surface area (Å²) in [5.41, 5.74) is -1.04. The molecule has 5 nitrogen and oxygen atoms in total. The van der Waals surface area contributed by atoms with Crippen molar-refractivity contribution in [1.82, 2.24) is 10.6 Å². The molecule has 1 unspecified atom stereocenters. The van der Waals surface area contributed by atoms with E-state index in [9.17, 15) is 14.7 Å². The van der Waals surface area contributed by atoms with Gasteiger partial charge in [0.25, 0.3) is 0 Å². The number of rotatable bonds is 3. The lowest BCUT2D eigenvalue weighted by atomic mass is 9.89. The lowest BCUT2D eigenvalue weighted by Gasteiger charge is -2.31. The number of aliphatic carboxylic acids is 1. The number of carbonyl (C=O) groups is 2. The average Bonchev–Trinajstić information content (AvgIpc) is 2.81. The Bertz CT molecular complexity index is 341. The van der Waals surface area contributed by atoms with Gasteiger partial charge in [0.15, 0.2) is 0 Å². The van der Waals surface area contributed by atoms with Crippen molar-refractivity contribution in [2.24, 2.45) is 0 Å². The van der Waals surface area contributed by atoms with Gasteiger partial charge in [-0.15, -0.1) is 0 Å². The van der Waals surface area contributed by atoms with Crippen LogP contribution in [0.15, 0.2) is 0 Å². The normalized spacial score (nSPS) is 27.1. The van der Waals surface area contributed by atoms with Gasteiger partial charge in [-0.05, 0) is 32.2 Å². The third kappa shape index (κ3) is 3.72. The third-order valence-corrected chi connectivity index (χ3v) is 4.61. The molecule has 1 aliphatic heterocycles. The fraction of sp³-hybridized carbons (Fsp3) is 0.867. The first kappa shape index (κ1) is 15.3. The van der Waals surface area contributed by atoms with Crippen LogP contribution in [0, 0.1) is 0 Å². The molecule has 20 heavy (non-hydrogen) atoms. The molecule has 0 aromatic carbocycles. The number of hydrogen-bond donors (Lipinski definition) is 3. The highest BCUT2D eigenvalue weighted by atomic mass is 16.4. The Hall–Kier alpha value is -1.10. The fourth-order valence-electron chi connectivity index (χ4n) is 3.30. The van der Waals surface area contributed by atoms with Crippen molar-refractivity contribution in [3.8, 4) is 0 Å². The summed E-state index contributed by atoms with van der Waals surface area (Å²) in [4.78, 5) is 24.1. The number of carboxylic acid groups (broad SMARTS) is 1. The summed E-state index contributed by atoms with van der Waals surface area (Å²) in [5, 5.41) is 15.7. The van der Waals surface area contributed by atoms with E-state index in [0.717, 1.165) is 57.9 Å². The van der Waals surface area contributed by atoms with Crippen LogP contribution in [-0.2, 0) is 9.59 Å². The van der Waals surface area contributed by atoms with Crippen molar-refractivity contribution in [3.05, 3.63) is 0 Å². The average molecular weight is 282 g/mol. The zero-order valence-electron chi connectivity index (χ0n) is 12.1. The smallest absolute Gasteiger partial charge is 0.329 e. The molecule has 1 saturated heterocycles. The van der Waals surface area contributed by atoms with Gasteiger partial charge in [-0.1, -0.05) is 38.5 Å². The van der Waals surface area contributed by atoms with Gasteiger partial charge in [0.05, 0.1) is 6.04 Å². The summed E-state index contributed by atoms with van der Waals surface area (Å²) >= 11 is 0. The van der Waals surface area contributed by atoms with Gasteiger partial charge in [-0.2, -0.15) is 0 Å². The van der Waals surface area contributed by atoms with Crippen LogP contribution in [0.3, 0.4) is 0 Å². The summed E-state index contributed by atoms with van der Waals surface area (Å²) < 4.78 is 0. The highest BCUT2D eigenvalue weighted by Gasteiger charge is 2.41. The maximum Gasteiger partial charge on any atom is 0.329 e. The number of nitrogens with one attached hydrogen (secondary N) is 2. The second kappa shape index (κ2) is 7.07. The second-order valence-electron chi connectivity index (χ2n) is 6.15. The van der Waals surface area contributed by atoms with Crippen LogP contribution >= 0.6 is 0 Å². The summed E-state index contributed by atoms with van der Waals surface area (Å²) in [6.07, 6.45) is 9.07. The van der Waals surface area contributed by atoms with Gasteiger partial charge in [0.2, 0.25) is 5.91 Å². The Morgan fingerprint density at radius 1 is 1.00 bits per heavy atom. The van der Waals surface area contributed by atoms with Crippen LogP contribution in [0.1, 0.15) is 64.2 Å². The standard InChI is InChI=1S/C15H26N2O3/c18-13(12-8-4-3-7-11-16-12)17-15(14(19)20)9-5-1-2-6-10-15/h12,16H,1-11H2,(H,17,18)(H,19,20). The molecule has 0 aromatic heterocycles. The SMILES string of the molecule is O=C(NC1(C(=O)O)CCCCCC1)C1CCCCCN1. The predicted molar refractivity (Wildman–Crippen MR) is 76.5 cm³/mol. The van der Waals surface area contributed by atoms with E-state index in [4.69, 9.17) is 0 Å². The summed E-state index contributed by atoms with van der Waals surface area (Å²) in [6.45, 7) is 0.845. The van der Waals surface area contributed by atoms with Crippen molar-refractivity contribution < 1.29 is 14.7 Å². The maximum atomic E-state index is 12.4. The molecule has 5 heteroatoms. The molecule has 0 aromatic rings. The summed E-state index contributed by atoms with van der Waals surface area (Å²) in [6, 6.07) is -0.225. The van der Waals surface area contributed by atoms with Gasteiger partial charge in [0, 0.05) is 0 Å². The predicted octanol–water partition coefficient (Wildman–Crippen LogP) is 1.81. The van der Waals surface area contributed by atoms with Gasteiger partial charge in [0.1, 0.15) is 5.54 Å². The second-order valence-corrected chi connectivity index (χ2v) is 6.15. The highest BCUT2D eigenvalue weighted by molar-refractivity contribution is 5.89. The van der Waals surface area contributed by atoms with E-state index in [0.29, 0.717) is 12.8 Å². The lowest BCUT2D eigenvalue weighted by Crippen LogP contribution is -2.58. The van der Waals surface area contributed by atoms with Crippen LogP contribution in [0.25, 0.3) is 0 Å². The third-order valence-electron chi connectivity index (χ3n) is 4.61. The summed E-state index contributed by atoms with van der Waals surface area (Å²) in [5.74, 6) is -1.00. The number of amides is 1. The quantitative estimate of drug-likeness (QED) is 0.690. The molecule has 2 fully saturated rings. The zero-order valence-corrected chi connectivity index (χ0v) is 12.1. The minimum atomic E-state index is -1.04. The van der Waals surface area contributed by atoms with Crippen LogP contribution in [0.2, 0.25) is 0 Å². The van der Waals surface area contributed by atoms with Crippen LogP contribution in [0.5, 0.6) is 0 Å². The topological polar surface area (TPSA) is 78.4 Å². The number of hydrogen-bond acceptors (Lipinski definition) is 3. The van der Waals surface area contributed by atoms with Crippen molar-refractivity contribution in [2.45, 2.75) is 75.8 Å². The van der Waals surface area contributed by atoms with E-state index in [1.54, 1.807) is 0 Å². The first-order chi connectivity index (χ1) is 9.64. The molecule has 1 atom stereocenters. The minimum Gasteiger partial charge on any atom is -0.480 e. The molecule has 0 spiro atoms. The first-order valence-electron chi connectivity index (χ1n) is 7.93. The molecule has 114 valence electrons. The molecule has 1 aliphatic carbocycles. The molecule has 0 bridgehead atoms. The Morgan fingerprint density at radius 3 is 2.30 bits per heavy atom. The van der Waals surface area contributed by atoms with Crippen molar-refractivity contribution in [2.75, 3.05) is 6.54 Å². The Kier molecular flexibility index (Phi) is 5.40. The molecular weight excluding hydrogens is 256 g/mol. The molecule has 1 heterocycles. The van der Waals surface area contributed by atoms with E-state index in [2.05, 4.69) is 10.6 Å². The maximum absolute atomic E-state index is 12.4. The van der Waals surface area contributed by atoms with Gasteiger partial charge in [-0.3, -0.25) is 4.79 Å². The van der Waals surface area contributed by atoms with Crippen molar-refractivity contribution in [1.29, 1.82) is 0 Å². The molecule has 3 N–H and O–H groups in total. The number of carboxylic acids is 1. The summed E-state index contributed by atoms with van der Waals surface area (Å²) in [7, 11) is 0. The van der Waals surface area contributed by atoms with E-state index in [-0.39, 0.29) is 11.9 Å². The molecule has 2 rings (SSSR count). The first-order valence-corrected chi connectivity index (χ1v) is 7.93. The zero-order chi connectivity index (χ0) is 14.4. The van der Waals surface area contributed by atoms with Gasteiger partial charge < -0.3 is 15.7 Å². The minimum absolute atomic E-state index is 0.129. The molecule has 1 amide bonds. The largest absolute Gasteiger partial charge is 0.480 e. The van der Waals surface area contributed by atoms with Crippen molar-refractivity contribution in [3.63, 3.8) is 0 Å². The molecule has 2 aliphatic rings. The van der Waals surface area contributed by atoms with Crippen LogP contribution in [-0.4, -0.2) is 35.1 Å². The highest BCUT2D eigenvalue weighted by Crippen LogP contribution is 2.28. The van der Waals surface area contributed by atoms with E-state index >= 15 is 0 Å². The molecule has 0 radical (unpaired) electrons. The fourth-order valence-corrected chi connectivity index (χ4v) is 3.30. The van der Waals surface area contributed by atoms with Crippen LogP contribution < -0.4 is 10.6 Å². The number of carbonyl (C=O) groups excluding carboxylic acids is 1. The van der Waals surface area contributed by atoms with Gasteiger partial charge in [-0.25, -0.2) is 4.79 Å². The molecule has 1 saturated carbocycles. The Labute approximate surface area is 120 Å². The van der Waals surface area contributed by atoms with Gasteiger partial charge >= 0.3 is 5.97 Å². The van der Waals surface area contributed by atoms with Crippen molar-refractivity contribution >= 4 is 11.9 Å². The monoisotopic (exact) mass is 282 g/mol. The van der Waals surface area contributed by atoms with E-state index in [1.807, 2.05) is 0 Å². The Morgan fingerprint density at radius 2 is 1.65 bits per heavy atom. The Balaban J connectivity index is 2.02. The van der Waals surface area contributed by atoms with Crippen LogP contribution in [0.4, 0.5) is 0 Å². The van der Waals surface area contributed by atoms with E-state index < -0.39 is 11.5 Å². The van der Waals surface area contributed by atoms with E-state index in [1.165, 1.54) is 0 Å². The lowest BCUT2D eigenvalue weighted by molar-refractivity contribution is -0.148. The molecular formula is C15H26N2O3.